The van der Waals surface area contributed by atoms with Gasteiger partial charge in [-0.15, -0.1) is 14.8 Å². The summed E-state index contributed by atoms with van der Waals surface area (Å²) in [6, 6.07) is 3.82. The maximum Gasteiger partial charge on any atom is 0.200 e. The standard InChI is InChI=1S/C9H11N5OS/c1-6-7(4-5-15-6)16-9-3-2-8-10-12-13-14(8)11-9/h2-3,6-7H,4-5H2,1H3/t6-,7-/m0/s1. The topological polar surface area (TPSA) is 65.2 Å². The Morgan fingerprint density at radius 3 is 3.25 bits per heavy atom. The molecular formula is C9H11N5OS. The number of hydrogen-bond donors (Lipinski definition) is 0. The van der Waals surface area contributed by atoms with Crippen molar-refractivity contribution in [3.63, 3.8) is 0 Å². The van der Waals surface area contributed by atoms with Crippen LogP contribution in [0.15, 0.2) is 17.2 Å². The van der Waals surface area contributed by atoms with Crippen LogP contribution in [0.25, 0.3) is 5.65 Å². The quantitative estimate of drug-likeness (QED) is 0.769. The van der Waals surface area contributed by atoms with Crippen LogP contribution < -0.4 is 0 Å². The Morgan fingerprint density at radius 2 is 2.44 bits per heavy atom. The fraction of sp³-hybridized carbons (Fsp3) is 0.556. The molecule has 3 heterocycles. The highest BCUT2D eigenvalue weighted by Gasteiger charge is 2.25. The minimum absolute atomic E-state index is 0.288. The molecule has 0 spiro atoms. The molecule has 3 rings (SSSR count). The lowest BCUT2D eigenvalue weighted by Crippen LogP contribution is -2.13. The molecule has 6 nitrogen and oxygen atoms in total. The van der Waals surface area contributed by atoms with Crippen molar-refractivity contribution in [2.75, 3.05) is 6.61 Å². The van der Waals surface area contributed by atoms with Gasteiger partial charge in [0.1, 0.15) is 5.03 Å². The summed E-state index contributed by atoms with van der Waals surface area (Å²) in [4.78, 5) is 0. The van der Waals surface area contributed by atoms with Gasteiger partial charge in [0, 0.05) is 11.9 Å². The third-order valence-corrected chi connectivity index (χ3v) is 4.00. The van der Waals surface area contributed by atoms with Crippen LogP contribution in [0.1, 0.15) is 13.3 Å². The van der Waals surface area contributed by atoms with Crippen LogP contribution in [0.3, 0.4) is 0 Å². The molecule has 2 atom stereocenters. The number of hydrogen-bond acceptors (Lipinski definition) is 6. The van der Waals surface area contributed by atoms with Crippen molar-refractivity contribution in [3.8, 4) is 0 Å². The summed E-state index contributed by atoms with van der Waals surface area (Å²) in [6.07, 6.45) is 1.36. The fourth-order valence-corrected chi connectivity index (χ4v) is 2.78. The van der Waals surface area contributed by atoms with Crippen molar-refractivity contribution in [1.29, 1.82) is 0 Å². The highest BCUT2D eigenvalue weighted by atomic mass is 32.2. The molecule has 0 N–H and O–H groups in total. The molecule has 1 fully saturated rings. The van der Waals surface area contributed by atoms with Crippen molar-refractivity contribution < 1.29 is 4.74 Å². The number of ether oxygens (including phenoxy) is 1. The van der Waals surface area contributed by atoms with Crippen LogP contribution in [0, 0.1) is 0 Å². The van der Waals surface area contributed by atoms with Crippen LogP contribution in [0.5, 0.6) is 0 Å². The summed E-state index contributed by atoms with van der Waals surface area (Å²) in [5.74, 6) is 0. The maximum atomic E-state index is 5.51. The average molecular weight is 237 g/mol. The van der Waals surface area contributed by atoms with Gasteiger partial charge in [-0.1, -0.05) is 11.8 Å². The molecule has 2 aromatic heterocycles. The Hall–Kier alpha value is -1.21. The average Bonchev–Trinajstić information content (AvgIpc) is 2.88. The van der Waals surface area contributed by atoms with E-state index >= 15 is 0 Å². The molecule has 2 aromatic rings. The first-order valence-corrected chi connectivity index (χ1v) is 6.04. The van der Waals surface area contributed by atoms with E-state index in [1.807, 2.05) is 12.1 Å². The number of nitrogens with zero attached hydrogens (tertiary/aromatic N) is 5. The van der Waals surface area contributed by atoms with Gasteiger partial charge in [0.25, 0.3) is 0 Å². The van der Waals surface area contributed by atoms with E-state index in [9.17, 15) is 0 Å². The van der Waals surface area contributed by atoms with Gasteiger partial charge >= 0.3 is 0 Å². The molecule has 1 saturated heterocycles. The Balaban J connectivity index is 1.83. The molecule has 16 heavy (non-hydrogen) atoms. The van der Waals surface area contributed by atoms with Crippen molar-refractivity contribution in [3.05, 3.63) is 12.1 Å². The second kappa shape index (κ2) is 3.99. The minimum Gasteiger partial charge on any atom is -0.377 e. The zero-order chi connectivity index (χ0) is 11.0. The van der Waals surface area contributed by atoms with Gasteiger partial charge in [-0.2, -0.15) is 0 Å². The summed E-state index contributed by atoms with van der Waals surface area (Å²) in [5.41, 5.74) is 0.667. The number of rotatable bonds is 2. The predicted octanol–water partition coefficient (Wildman–Crippen LogP) is 0.789. The summed E-state index contributed by atoms with van der Waals surface area (Å²) in [5, 5.41) is 16.9. The Bertz CT molecular complexity index is 501. The van der Waals surface area contributed by atoms with Crippen LogP contribution >= 0.6 is 11.8 Å². The molecule has 0 aliphatic carbocycles. The lowest BCUT2D eigenvalue weighted by Gasteiger charge is -2.11. The molecule has 84 valence electrons. The monoisotopic (exact) mass is 237 g/mol. The van der Waals surface area contributed by atoms with Gasteiger partial charge in [-0.05, 0) is 35.9 Å². The molecule has 0 amide bonds. The van der Waals surface area contributed by atoms with E-state index in [0.717, 1.165) is 18.1 Å². The molecule has 0 unspecified atom stereocenters. The molecular weight excluding hydrogens is 226 g/mol. The highest BCUT2D eigenvalue weighted by Crippen LogP contribution is 2.31. The summed E-state index contributed by atoms with van der Waals surface area (Å²) < 4.78 is 6.96. The first-order valence-electron chi connectivity index (χ1n) is 5.16. The van der Waals surface area contributed by atoms with E-state index < -0.39 is 0 Å². The normalized spacial score (nSPS) is 25.3. The van der Waals surface area contributed by atoms with Crippen molar-refractivity contribution in [1.82, 2.24) is 25.3 Å². The molecule has 1 aliphatic rings. The van der Waals surface area contributed by atoms with Gasteiger partial charge in [-0.3, -0.25) is 0 Å². The van der Waals surface area contributed by atoms with Crippen molar-refractivity contribution >= 4 is 17.4 Å². The summed E-state index contributed by atoms with van der Waals surface area (Å²) >= 11 is 1.73. The van der Waals surface area contributed by atoms with Gasteiger partial charge in [0.2, 0.25) is 0 Å². The van der Waals surface area contributed by atoms with E-state index in [1.54, 1.807) is 11.8 Å². The van der Waals surface area contributed by atoms with Gasteiger partial charge in [0.15, 0.2) is 5.65 Å². The van der Waals surface area contributed by atoms with E-state index in [2.05, 4.69) is 27.5 Å². The zero-order valence-electron chi connectivity index (χ0n) is 8.78. The second-order valence-corrected chi connectivity index (χ2v) is 4.98. The van der Waals surface area contributed by atoms with Crippen LogP contribution in [-0.4, -0.2) is 43.2 Å². The second-order valence-electron chi connectivity index (χ2n) is 3.72. The molecule has 1 aliphatic heterocycles. The predicted molar refractivity (Wildman–Crippen MR) is 58.3 cm³/mol. The first kappa shape index (κ1) is 9.98. The number of fused-ring (bicyclic) bond motifs is 1. The SMILES string of the molecule is C[C@@H]1OCC[C@@H]1Sc1ccc2nnnn2n1. The van der Waals surface area contributed by atoms with Crippen LogP contribution in [0.4, 0.5) is 0 Å². The van der Waals surface area contributed by atoms with E-state index in [0.29, 0.717) is 10.9 Å². The molecule has 0 aromatic carbocycles. The van der Waals surface area contributed by atoms with E-state index in [-0.39, 0.29) is 6.10 Å². The van der Waals surface area contributed by atoms with E-state index in [4.69, 9.17) is 4.74 Å². The smallest absolute Gasteiger partial charge is 0.200 e. The third-order valence-electron chi connectivity index (χ3n) is 2.62. The Morgan fingerprint density at radius 1 is 1.50 bits per heavy atom. The molecule has 0 radical (unpaired) electrons. The highest BCUT2D eigenvalue weighted by molar-refractivity contribution is 7.99. The van der Waals surface area contributed by atoms with Gasteiger partial charge < -0.3 is 4.74 Å². The third kappa shape index (κ3) is 1.76. The van der Waals surface area contributed by atoms with Crippen LogP contribution in [0.2, 0.25) is 0 Å². The largest absolute Gasteiger partial charge is 0.377 e. The zero-order valence-corrected chi connectivity index (χ0v) is 9.59. The fourth-order valence-electron chi connectivity index (χ4n) is 1.72. The maximum absolute atomic E-state index is 5.51. The van der Waals surface area contributed by atoms with Gasteiger partial charge in [0.05, 0.1) is 6.10 Å². The number of tetrazole rings is 1. The van der Waals surface area contributed by atoms with Crippen LogP contribution in [-0.2, 0) is 4.74 Å². The summed E-state index contributed by atoms with van der Waals surface area (Å²) in [7, 11) is 0. The lowest BCUT2D eigenvalue weighted by atomic mass is 10.3. The molecule has 0 saturated carbocycles. The molecule has 0 bridgehead atoms. The minimum atomic E-state index is 0.288. The summed E-state index contributed by atoms with van der Waals surface area (Å²) in [6.45, 7) is 2.94. The van der Waals surface area contributed by atoms with Crippen molar-refractivity contribution in [2.45, 2.75) is 29.7 Å². The van der Waals surface area contributed by atoms with E-state index in [1.165, 1.54) is 4.63 Å². The number of thioether (sulfide) groups is 1. The first-order chi connectivity index (χ1) is 7.83. The lowest BCUT2D eigenvalue weighted by molar-refractivity contribution is 0.127. The van der Waals surface area contributed by atoms with Crippen molar-refractivity contribution in [2.24, 2.45) is 0 Å². The Labute approximate surface area is 96.4 Å². The number of aromatic nitrogens is 5. The van der Waals surface area contributed by atoms with Gasteiger partial charge in [-0.25, -0.2) is 0 Å². The molecule has 7 heteroatoms. The Kier molecular flexibility index (Phi) is 2.49.